The van der Waals surface area contributed by atoms with Crippen LogP contribution in [0.1, 0.15) is 28.8 Å². The van der Waals surface area contributed by atoms with Crippen molar-refractivity contribution in [1.82, 2.24) is 10.2 Å². The molecule has 1 aliphatic heterocycles. The Morgan fingerprint density at radius 2 is 1.79 bits per heavy atom. The van der Waals surface area contributed by atoms with Crippen molar-refractivity contribution in [3.05, 3.63) is 35.4 Å². The number of hydrogen-bond acceptors (Lipinski definition) is 3. The van der Waals surface area contributed by atoms with Crippen molar-refractivity contribution >= 4 is 23.1 Å². The van der Waals surface area contributed by atoms with Crippen LogP contribution < -0.4 is 11.1 Å². The van der Waals surface area contributed by atoms with Crippen molar-refractivity contribution in [3.8, 4) is 0 Å². The van der Waals surface area contributed by atoms with E-state index in [0.717, 1.165) is 25.2 Å². The van der Waals surface area contributed by atoms with Crippen molar-refractivity contribution < 1.29 is 4.79 Å². The first kappa shape index (κ1) is 14.0. The first-order valence-corrected chi connectivity index (χ1v) is 6.98. The highest BCUT2D eigenvalue weighted by atomic mass is 32.1. The highest BCUT2D eigenvalue weighted by Gasteiger charge is 2.11. The maximum atomic E-state index is 11.9. The summed E-state index contributed by atoms with van der Waals surface area (Å²) in [5.41, 5.74) is 6.94. The standard InChI is InChI=1S/C14H19N3OS/c15-13(19)11-3-5-12(6-4-11)14(18)16-7-10-17-8-1-2-9-17/h3-6H,1-2,7-10H2,(H2,15,19)(H,16,18). The highest BCUT2D eigenvalue weighted by Crippen LogP contribution is 2.06. The molecule has 1 saturated heterocycles. The summed E-state index contributed by atoms with van der Waals surface area (Å²) in [7, 11) is 0. The van der Waals surface area contributed by atoms with Gasteiger partial charge in [-0.25, -0.2) is 0 Å². The average Bonchev–Trinajstić information content (AvgIpc) is 2.92. The molecule has 0 spiro atoms. The Kier molecular flexibility index (Phi) is 4.87. The molecule has 1 fully saturated rings. The van der Waals surface area contributed by atoms with Gasteiger partial charge in [-0.05, 0) is 38.1 Å². The first-order chi connectivity index (χ1) is 9.16. The molecule has 0 unspecified atom stereocenters. The second kappa shape index (κ2) is 6.63. The third kappa shape index (κ3) is 4.01. The van der Waals surface area contributed by atoms with E-state index < -0.39 is 0 Å². The van der Waals surface area contributed by atoms with Crippen LogP contribution in [0.4, 0.5) is 0 Å². The Hall–Kier alpha value is -1.46. The number of carbonyl (C=O) groups is 1. The average molecular weight is 277 g/mol. The third-order valence-electron chi connectivity index (χ3n) is 3.34. The van der Waals surface area contributed by atoms with Gasteiger partial charge >= 0.3 is 0 Å². The van der Waals surface area contributed by atoms with Gasteiger partial charge in [0.15, 0.2) is 0 Å². The minimum atomic E-state index is -0.0475. The molecule has 0 radical (unpaired) electrons. The molecule has 4 nitrogen and oxygen atoms in total. The number of likely N-dealkylation sites (tertiary alicyclic amines) is 1. The Morgan fingerprint density at radius 3 is 2.37 bits per heavy atom. The molecule has 5 heteroatoms. The predicted octanol–water partition coefficient (Wildman–Crippen LogP) is 1.15. The van der Waals surface area contributed by atoms with E-state index in [2.05, 4.69) is 10.2 Å². The van der Waals surface area contributed by atoms with Crippen molar-refractivity contribution in [1.29, 1.82) is 0 Å². The molecule has 2 rings (SSSR count). The van der Waals surface area contributed by atoms with Crippen LogP contribution in [0.2, 0.25) is 0 Å². The number of nitrogens with two attached hydrogens (primary N) is 1. The van der Waals surface area contributed by atoms with E-state index in [4.69, 9.17) is 18.0 Å². The van der Waals surface area contributed by atoms with Crippen molar-refractivity contribution in [2.24, 2.45) is 5.73 Å². The smallest absolute Gasteiger partial charge is 0.251 e. The van der Waals surface area contributed by atoms with Gasteiger partial charge in [0, 0.05) is 24.2 Å². The van der Waals surface area contributed by atoms with Gasteiger partial charge < -0.3 is 16.0 Å². The Labute approximate surface area is 119 Å². The number of rotatable bonds is 5. The topological polar surface area (TPSA) is 58.4 Å². The third-order valence-corrected chi connectivity index (χ3v) is 3.58. The zero-order valence-corrected chi connectivity index (χ0v) is 11.7. The van der Waals surface area contributed by atoms with Crippen LogP contribution in [0.25, 0.3) is 0 Å². The van der Waals surface area contributed by atoms with Gasteiger partial charge in [-0.1, -0.05) is 24.4 Å². The van der Waals surface area contributed by atoms with Gasteiger partial charge in [-0.3, -0.25) is 4.79 Å². The van der Waals surface area contributed by atoms with Crippen molar-refractivity contribution in [3.63, 3.8) is 0 Å². The van der Waals surface area contributed by atoms with Gasteiger partial charge in [0.2, 0.25) is 0 Å². The van der Waals surface area contributed by atoms with E-state index in [-0.39, 0.29) is 5.91 Å². The number of amides is 1. The van der Waals surface area contributed by atoms with E-state index >= 15 is 0 Å². The molecule has 1 aromatic carbocycles. The molecule has 0 atom stereocenters. The summed E-state index contributed by atoms with van der Waals surface area (Å²) in [6.45, 7) is 3.92. The maximum absolute atomic E-state index is 11.9. The van der Waals surface area contributed by atoms with Gasteiger partial charge in [0.05, 0.1) is 0 Å². The maximum Gasteiger partial charge on any atom is 0.251 e. The monoisotopic (exact) mass is 277 g/mol. The lowest BCUT2D eigenvalue weighted by Crippen LogP contribution is -2.33. The molecule has 3 N–H and O–H groups in total. The van der Waals surface area contributed by atoms with Crippen LogP contribution in [0.15, 0.2) is 24.3 Å². The second-order valence-corrected chi connectivity index (χ2v) is 5.19. The summed E-state index contributed by atoms with van der Waals surface area (Å²) in [5.74, 6) is -0.0475. The van der Waals surface area contributed by atoms with Crippen molar-refractivity contribution in [2.75, 3.05) is 26.2 Å². The van der Waals surface area contributed by atoms with Gasteiger partial charge in [0.1, 0.15) is 4.99 Å². The first-order valence-electron chi connectivity index (χ1n) is 6.57. The van der Waals surface area contributed by atoms with E-state index in [9.17, 15) is 4.79 Å². The lowest BCUT2D eigenvalue weighted by molar-refractivity contribution is 0.0950. The van der Waals surface area contributed by atoms with Crippen LogP contribution in [-0.4, -0.2) is 42.0 Å². The van der Waals surface area contributed by atoms with Gasteiger partial charge in [-0.15, -0.1) is 0 Å². The summed E-state index contributed by atoms with van der Waals surface area (Å²) in [6.07, 6.45) is 2.54. The van der Waals surface area contributed by atoms with Crippen LogP contribution in [0, 0.1) is 0 Å². The fraction of sp³-hybridized carbons (Fsp3) is 0.429. The number of benzene rings is 1. The molecule has 0 aromatic heterocycles. The molecule has 1 aliphatic rings. The van der Waals surface area contributed by atoms with E-state index in [1.54, 1.807) is 24.3 Å². The van der Waals surface area contributed by atoms with Gasteiger partial charge in [-0.2, -0.15) is 0 Å². The summed E-state index contributed by atoms with van der Waals surface area (Å²) >= 11 is 4.87. The highest BCUT2D eigenvalue weighted by molar-refractivity contribution is 7.80. The molecule has 0 saturated carbocycles. The van der Waals surface area contributed by atoms with E-state index in [1.165, 1.54) is 12.8 Å². The second-order valence-electron chi connectivity index (χ2n) is 4.75. The van der Waals surface area contributed by atoms with E-state index in [0.29, 0.717) is 17.1 Å². The van der Waals surface area contributed by atoms with Crippen molar-refractivity contribution in [2.45, 2.75) is 12.8 Å². The molecule has 1 aromatic rings. The normalized spacial score (nSPS) is 15.4. The van der Waals surface area contributed by atoms with E-state index in [1.807, 2.05) is 0 Å². The summed E-state index contributed by atoms with van der Waals surface area (Å²) in [4.78, 5) is 14.6. The lowest BCUT2D eigenvalue weighted by Gasteiger charge is -2.14. The fourth-order valence-corrected chi connectivity index (χ4v) is 2.36. The summed E-state index contributed by atoms with van der Waals surface area (Å²) < 4.78 is 0. The number of carbonyl (C=O) groups excluding carboxylic acids is 1. The molecular weight excluding hydrogens is 258 g/mol. The van der Waals surface area contributed by atoms with Crippen LogP contribution >= 0.6 is 12.2 Å². The molecule has 102 valence electrons. The molecule has 1 amide bonds. The Balaban J connectivity index is 1.80. The number of nitrogens with one attached hydrogen (secondary N) is 1. The quantitative estimate of drug-likeness (QED) is 0.793. The summed E-state index contributed by atoms with van der Waals surface area (Å²) in [6, 6.07) is 7.05. The number of hydrogen-bond donors (Lipinski definition) is 2. The fourth-order valence-electron chi connectivity index (χ4n) is 2.22. The molecular formula is C14H19N3OS. The largest absolute Gasteiger partial charge is 0.389 e. The summed E-state index contributed by atoms with van der Waals surface area (Å²) in [5, 5.41) is 2.93. The Morgan fingerprint density at radius 1 is 1.21 bits per heavy atom. The zero-order chi connectivity index (χ0) is 13.7. The van der Waals surface area contributed by atoms with Crippen LogP contribution in [-0.2, 0) is 0 Å². The molecule has 0 bridgehead atoms. The zero-order valence-electron chi connectivity index (χ0n) is 10.9. The van der Waals surface area contributed by atoms with Crippen LogP contribution in [0.5, 0.6) is 0 Å². The minimum Gasteiger partial charge on any atom is -0.389 e. The van der Waals surface area contributed by atoms with Crippen LogP contribution in [0.3, 0.4) is 0 Å². The minimum absolute atomic E-state index is 0.0475. The molecule has 19 heavy (non-hydrogen) atoms. The lowest BCUT2D eigenvalue weighted by atomic mass is 10.1. The van der Waals surface area contributed by atoms with Gasteiger partial charge in [0.25, 0.3) is 5.91 Å². The SMILES string of the molecule is NC(=S)c1ccc(C(=O)NCCN2CCCC2)cc1. The molecule has 1 heterocycles. The predicted molar refractivity (Wildman–Crippen MR) is 80.3 cm³/mol. The number of nitrogens with zero attached hydrogens (tertiary/aromatic N) is 1. The number of thiocarbonyl (C=S) groups is 1. The Bertz CT molecular complexity index is 452. The molecule has 0 aliphatic carbocycles.